The van der Waals surface area contributed by atoms with Gasteiger partial charge in [-0.25, -0.2) is 0 Å². The van der Waals surface area contributed by atoms with Crippen molar-refractivity contribution in [3.63, 3.8) is 0 Å². The molecule has 0 spiro atoms. The van der Waals surface area contributed by atoms with Crippen LogP contribution in [0.25, 0.3) is 0 Å². The Balaban J connectivity index is 1.88. The van der Waals surface area contributed by atoms with Crippen molar-refractivity contribution < 1.29 is 4.42 Å². The molecule has 98 valence electrons. The average Bonchev–Trinajstić information content (AvgIpc) is 3.02. The van der Waals surface area contributed by atoms with Gasteiger partial charge in [-0.1, -0.05) is 25.1 Å². The maximum Gasteiger partial charge on any atom is 0.130 e. The first kappa shape index (κ1) is 11.2. The average molecular weight is 253 g/mol. The van der Waals surface area contributed by atoms with Crippen molar-refractivity contribution >= 4 is 5.69 Å². The van der Waals surface area contributed by atoms with Gasteiger partial charge in [0.15, 0.2) is 0 Å². The van der Waals surface area contributed by atoms with Gasteiger partial charge in [-0.3, -0.25) is 0 Å². The van der Waals surface area contributed by atoms with Crippen LogP contribution in [-0.2, 0) is 5.41 Å². The summed E-state index contributed by atoms with van der Waals surface area (Å²) in [5.74, 6) is 1.18. The van der Waals surface area contributed by atoms with Crippen LogP contribution in [0.2, 0.25) is 0 Å². The van der Waals surface area contributed by atoms with E-state index in [0.29, 0.717) is 12.1 Å². The van der Waals surface area contributed by atoms with E-state index in [1.165, 1.54) is 29.0 Å². The zero-order valence-corrected chi connectivity index (χ0v) is 11.7. The summed E-state index contributed by atoms with van der Waals surface area (Å²) in [6.45, 7) is 6.92. The van der Waals surface area contributed by atoms with E-state index in [4.69, 9.17) is 4.42 Å². The van der Waals surface area contributed by atoms with Crippen molar-refractivity contribution in [3.8, 4) is 0 Å². The van der Waals surface area contributed by atoms with Gasteiger partial charge in [0, 0.05) is 22.7 Å². The number of furan rings is 1. The van der Waals surface area contributed by atoms with Crippen LogP contribution in [0.4, 0.5) is 5.69 Å². The predicted molar refractivity (Wildman–Crippen MR) is 76.5 cm³/mol. The molecule has 1 aromatic carbocycles. The summed E-state index contributed by atoms with van der Waals surface area (Å²) < 4.78 is 5.77. The van der Waals surface area contributed by atoms with E-state index in [9.17, 15) is 0 Å². The Hall–Kier alpha value is -1.70. The highest BCUT2D eigenvalue weighted by atomic mass is 16.3. The lowest BCUT2D eigenvalue weighted by atomic mass is 9.79. The van der Waals surface area contributed by atoms with Gasteiger partial charge in [0.1, 0.15) is 5.76 Å². The van der Waals surface area contributed by atoms with Gasteiger partial charge in [-0.15, -0.1) is 0 Å². The molecule has 2 bridgehead atoms. The lowest BCUT2D eigenvalue weighted by molar-refractivity contribution is 0.433. The molecule has 1 aliphatic carbocycles. The number of hydrogen-bond donors (Lipinski definition) is 0. The predicted octanol–water partition coefficient (Wildman–Crippen LogP) is 4.20. The molecule has 0 saturated carbocycles. The lowest BCUT2D eigenvalue weighted by Gasteiger charge is -2.39. The van der Waals surface area contributed by atoms with Crippen LogP contribution in [-0.4, -0.2) is 6.04 Å². The third-order valence-corrected chi connectivity index (χ3v) is 5.30. The van der Waals surface area contributed by atoms with E-state index in [-0.39, 0.29) is 5.41 Å². The standard InChI is InChI=1S/C17H19NO/c1-11-6-4-5-7-14(11)18-12(2)17(3)10-15(18)16-13(17)8-9-19-16/h4-9,12,15H,10H2,1-3H3/t12-,15?,17?/m0/s1. The zero-order chi connectivity index (χ0) is 13.2. The van der Waals surface area contributed by atoms with E-state index >= 15 is 0 Å². The van der Waals surface area contributed by atoms with Crippen LogP contribution >= 0.6 is 0 Å². The van der Waals surface area contributed by atoms with Crippen LogP contribution in [0.15, 0.2) is 41.0 Å². The number of aryl methyl sites for hydroxylation is 1. The summed E-state index contributed by atoms with van der Waals surface area (Å²) in [5.41, 5.74) is 4.36. The maximum absolute atomic E-state index is 5.77. The number of fused-ring (bicyclic) bond motifs is 5. The fourth-order valence-corrected chi connectivity index (χ4v) is 4.08. The van der Waals surface area contributed by atoms with Crippen molar-refractivity contribution in [2.24, 2.45) is 0 Å². The van der Waals surface area contributed by atoms with Crippen molar-refractivity contribution in [2.45, 2.75) is 44.7 Å². The van der Waals surface area contributed by atoms with E-state index in [2.05, 4.69) is 56.0 Å². The molecular formula is C17H19NO. The highest BCUT2D eigenvalue weighted by Gasteiger charge is 2.57. The van der Waals surface area contributed by atoms with Crippen molar-refractivity contribution in [2.75, 3.05) is 4.90 Å². The number of para-hydroxylation sites is 1. The first-order valence-corrected chi connectivity index (χ1v) is 7.05. The third-order valence-electron chi connectivity index (χ3n) is 5.30. The quantitative estimate of drug-likeness (QED) is 0.757. The van der Waals surface area contributed by atoms with Crippen LogP contribution in [0.3, 0.4) is 0 Å². The van der Waals surface area contributed by atoms with Crippen molar-refractivity contribution in [1.29, 1.82) is 0 Å². The second-order valence-electron chi connectivity index (χ2n) is 6.21. The van der Waals surface area contributed by atoms with Gasteiger partial charge in [0.05, 0.1) is 12.3 Å². The smallest absolute Gasteiger partial charge is 0.130 e. The minimum absolute atomic E-state index is 0.231. The van der Waals surface area contributed by atoms with E-state index in [1.807, 2.05) is 6.26 Å². The second-order valence-corrected chi connectivity index (χ2v) is 6.21. The van der Waals surface area contributed by atoms with Gasteiger partial charge in [-0.05, 0) is 38.0 Å². The Morgan fingerprint density at radius 3 is 2.84 bits per heavy atom. The molecule has 0 amide bonds. The minimum atomic E-state index is 0.231. The largest absolute Gasteiger partial charge is 0.467 e. The topological polar surface area (TPSA) is 16.4 Å². The number of benzene rings is 1. The van der Waals surface area contributed by atoms with Gasteiger partial charge in [0.2, 0.25) is 0 Å². The molecule has 2 nitrogen and oxygen atoms in total. The Morgan fingerprint density at radius 2 is 2.05 bits per heavy atom. The van der Waals surface area contributed by atoms with Gasteiger partial charge in [0.25, 0.3) is 0 Å². The summed E-state index contributed by atoms with van der Waals surface area (Å²) in [6, 6.07) is 11.8. The summed E-state index contributed by atoms with van der Waals surface area (Å²) in [4.78, 5) is 2.56. The molecule has 2 aromatic rings. The molecule has 2 unspecified atom stereocenters. The van der Waals surface area contributed by atoms with Crippen LogP contribution in [0, 0.1) is 6.92 Å². The van der Waals surface area contributed by atoms with Gasteiger partial charge >= 0.3 is 0 Å². The Kier molecular flexibility index (Phi) is 2.02. The van der Waals surface area contributed by atoms with Crippen molar-refractivity contribution in [1.82, 2.24) is 0 Å². The van der Waals surface area contributed by atoms with Crippen LogP contribution < -0.4 is 4.90 Å². The van der Waals surface area contributed by atoms with E-state index in [1.54, 1.807) is 0 Å². The molecule has 2 heterocycles. The Bertz CT molecular complexity index is 644. The number of rotatable bonds is 1. The molecule has 0 radical (unpaired) electrons. The Labute approximate surface area is 114 Å². The molecule has 19 heavy (non-hydrogen) atoms. The summed E-state index contributed by atoms with van der Waals surface area (Å²) in [5, 5.41) is 0. The molecule has 0 N–H and O–H groups in total. The van der Waals surface area contributed by atoms with Gasteiger partial charge in [-0.2, -0.15) is 0 Å². The zero-order valence-electron chi connectivity index (χ0n) is 11.7. The Morgan fingerprint density at radius 1 is 1.26 bits per heavy atom. The highest BCUT2D eigenvalue weighted by Crippen LogP contribution is 2.59. The monoisotopic (exact) mass is 253 g/mol. The highest BCUT2D eigenvalue weighted by molar-refractivity contribution is 5.61. The number of anilines is 1. The molecule has 1 aromatic heterocycles. The summed E-state index contributed by atoms with van der Waals surface area (Å²) in [6.07, 6.45) is 3.03. The molecule has 1 saturated heterocycles. The third kappa shape index (κ3) is 1.22. The number of nitrogens with zero attached hydrogens (tertiary/aromatic N) is 1. The lowest BCUT2D eigenvalue weighted by Crippen LogP contribution is -2.42. The van der Waals surface area contributed by atoms with Crippen LogP contribution in [0.5, 0.6) is 0 Å². The molecule has 4 rings (SSSR count). The fraction of sp³-hybridized carbons (Fsp3) is 0.412. The van der Waals surface area contributed by atoms with Gasteiger partial charge < -0.3 is 9.32 Å². The summed E-state index contributed by atoms with van der Waals surface area (Å²) in [7, 11) is 0. The minimum Gasteiger partial charge on any atom is -0.467 e. The summed E-state index contributed by atoms with van der Waals surface area (Å²) >= 11 is 0. The van der Waals surface area contributed by atoms with E-state index in [0.717, 1.165) is 0 Å². The first-order chi connectivity index (χ1) is 9.13. The molecule has 3 atom stereocenters. The first-order valence-electron chi connectivity index (χ1n) is 7.05. The molecule has 1 fully saturated rings. The molecular weight excluding hydrogens is 234 g/mol. The second kappa shape index (κ2) is 3.44. The SMILES string of the molecule is Cc1ccccc1N1C2CC(C)(c3ccoc32)[C@@H]1C. The normalized spacial score (nSPS) is 31.8. The molecule has 2 aliphatic rings. The number of hydrogen-bond acceptors (Lipinski definition) is 2. The maximum atomic E-state index is 5.77. The van der Waals surface area contributed by atoms with E-state index < -0.39 is 0 Å². The van der Waals surface area contributed by atoms with Crippen LogP contribution in [0.1, 0.15) is 43.2 Å². The van der Waals surface area contributed by atoms with Crippen molar-refractivity contribution in [3.05, 3.63) is 53.5 Å². The molecule has 2 heteroatoms. The fourth-order valence-electron chi connectivity index (χ4n) is 4.08. The molecule has 1 aliphatic heterocycles.